The van der Waals surface area contributed by atoms with Gasteiger partial charge in [0.2, 0.25) is 0 Å². The van der Waals surface area contributed by atoms with Gasteiger partial charge in [0, 0.05) is 46.3 Å². The average molecular weight is 370 g/mol. The second kappa shape index (κ2) is 6.84. The number of rotatable bonds is 4. The van der Waals surface area contributed by atoms with Crippen molar-refractivity contribution in [2.75, 3.05) is 0 Å². The largest absolute Gasteiger partial charge is 0.384 e. The maximum atomic E-state index is 13.4. The molecule has 2 heterocycles. The highest BCUT2D eigenvalue weighted by Crippen LogP contribution is 2.35. The fraction of sp³-hybridized carbons (Fsp3) is 0.150. The minimum atomic E-state index is -0.312. The molecule has 1 unspecified atom stereocenters. The van der Waals surface area contributed by atoms with Gasteiger partial charge < -0.3 is 15.6 Å². The Kier molecular flexibility index (Phi) is 4.39. The lowest BCUT2D eigenvalue weighted by Crippen LogP contribution is -2.20. The van der Waals surface area contributed by atoms with E-state index in [-0.39, 0.29) is 17.6 Å². The molecule has 1 aliphatic carbocycles. The van der Waals surface area contributed by atoms with E-state index in [4.69, 9.17) is 11.6 Å². The van der Waals surface area contributed by atoms with E-state index >= 15 is 0 Å². The molecule has 0 bridgehead atoms. The van der Waals surface area contributed by atoms with Gasteiger partial charge in [-0.05, 0) is 60.5 Å². The van der Waals surface area contributed by atoms with E-state index in [1.807, 2.05) is 36.6 Å². The van der Waals surface area contributed by atoms with Crippen molar-refractivity contribution in [3.63, 3.8) is 0 Å². The summed E-state index contributed by atoms with van der Waals surface area (Å²) in [5.74, 6) is -0.396. The Labute approximate surface area is 155 Å². The predicted octanol–water partition coefficient (Wildman–Crippen LogP) is 3.90. The standard InChI is InChI=1S/C20H17ClFN3O/c21-18-5-3-13(22)8-12(18)11-24-15-4-6-19-16(9-15)17(20(26)25-19)10-14-2-1-7-23-14/h1-8,10,16,23-24H,9,11H2,(H,25,26)/b17-10-. The number of carbonyl (C=O) groups is 1. The number of fused-ring (bicyclic) bond motifs is 1. The molecule has 1 saturated heterocycles. The Bertz CT molecular complexity index is 944. The summed E-state index contributed by atoms with van der Waals surface area (Å²) < 4.78 is 13.4. The number of benzene rings is 1. The third kappa shape index (κ3) is 3.30. The summed E-state index contributed by atoms with van der Waals surface area (Å²) in [6.07, 6.45) is 8.23. The molecule has 6 heteroatoms. The smallest absolute Gasteiger partial charge is 0.252 e. The number of nitrogens with one attached hydrogen (secondary N) is 3. The molecule has 0 radical (unpaired) electrons. The molecule has 4 rings (SSSR count). The van der Waals surface area contributed by atoms with Crippen molar-refractivity contribution in [2.45, 2.75) is 13.0 Å². The predicted molar refractivity (Wildman–Crippen MR) is 99.4 cm³/mol. The fourth-order valence-corrected chi connectivity index (χ4v) is 3.44. The summed E-state index contributed by atoms with van der Waals surface area (Å²) in [5, 5.41) is 6.75. The number of hydrogen-bond donors (Lipinski definition) is 3. The summed E-state index contributed by atoms with van der Waals surface area (Å²) >= 11 is 6.12. The number of carbonyl (C=O) groups excluding carboxylic acids is 1. The summed E-state index contributed by atoms with van der Waals surface area (Å²) in [6, 6.07) is 8.14. The molecule has 0 saturated carbocycles. The van der Waals surface area contributed by atoms with Crippen molar-refractivity contribution < 1.29 is 9.18 Å². The highest BCUT2D eigenvalue weighted by atomic mass is 35.5. The first-order chi connectivity index (χ1) is 12.6. The van der Waals surface area contributed by atoms with Crippen molar-refractivity contribution >= 4 is 23.6 Å². The van der Waals surface area contributed by atoms with Crippen LogP contribution in [0.2, 0.25) is 5.02 Å². The lowest BCUT2D eigenvalue weighted by molar-refractivity contribution is -0.115. The van der Waals surface area contributed by atoms with Crippen LogP contribution in [0.1, 0.15) is 17.7 Å². The molecule has 2 aromatic rings. The third-order valence-corrected chi connectivity index (χ3v) is 4.97. The van der Waals surface area contributed by atoms with Gasteiger partial charge in [-0.15, -0.1) is 0 Å². The average Bonchev–Trinajstić information content (AvgIpc) is 3.24. The van der Waals surface area contributed by atoms with Gasteiger partial charge in [0.25, 0.3) is 5.91 Å². The summed E-state index contributed by atoms with van der Waals surface area (Å²) in [4.78, 5) is 15.4. The molecule has 1 atom stereocenters. The van der Waals surface area contributed by atoms with Crippen LogP contribution in [0.15, 0.2) is 65.6 Å². The van der Waals surface area contributed by atoms with Crippen LogP contribution >= 0.6 is 11.6 Å². The van der Waals surface area contributed by atoms with Crippen LogP contribution in [0.3, 0.4) is 0 Å². The number of H-pyrrole nitrogens is 1. The molecule has 1 aliphatic heterocycles. The summed E-state index contributed by atoms with van der Waals surface area (Å²) in [5.41, 5.74) is 4.21. The van der Waals surface area contributed by atoms with Crippen molar-refractivity contribution in [1.29, 1.82) is 0 Å². The van der Waals surface area contributed by atoms with Crippen LogP contribution in [0.25, 0.3) is 6.08 Å². The number of hydrogen-bond acceptors (Lipinski definition) is 2. The minimum Gasteiger partial charge on any atom is -0.384 e. The highest BCUT2D eigenvalue weighted by Gasteiger charge is 2.34. The Balaban J connectivity index is 1.50. The van der Waals surface area contributed by atoms with E-state index in [0.717, 1.165) is 22.7 Å². The fourth-order valence-electron chi connectivity index (χ4n) is 3.26. The van der Waals surface area contributed by atoms with Crippen molar-refractivity contribution in [3.8, 4) is 0 Å². The third-order valence-electron chi connectivity index (χ3n) is 4.61. The molecule has 1 aromatic carbocycles. The van der Waals surface area contributed by atoms with Gasteiger partial charge in [-0.25, -0.2) is 4.39 Å². The second-order valence-electron chi connectivity index (χ2n) is 6.34. The molecule has 0 spiro atoms. The Morgan fingerprint density at radius 3 is 3.00 bits per heavy atom. The van der Waals surface area contributed by atoms with Gasteiger partial charge in [-0.1, -0.05) is 11.6 Å². The van der Waals surface area contributed by atoms with Gasteiger partial charge in [0.15, 0.2) is 0 Å². The molecular formula is C20H17ClFN3O. The van der Waals surface area contributed by atoms with E-state index < -0.39 is 0 Å². The van der Waals surface area contributed by atoms with E-state index in [1.165, 1.54) is 12.1 Å². The number of amides is 1. The molecule has 132 valence electrons. The maximum Gasteiger partial charge on any atom is 0.252 e. The topological polar surface area (TPSA) is 56.9 Å². The maximum absolute atomic E-state index is 13.4. The van der Waals surface area contributed by atoms with E-state index in [2.05, 4.69) is 15.6 Å². The first-order valence-corrected chi connectivity index (χ1v) is 8.73. The zero-order valence-corrected chi connectivity index (χ0v) is 14.6. The van der Waals surface area contributed by atoms with Gasteiger partial charge in [-0.2, -0.15) is 0 Å². The molecule has 3 N–H and O–H groups in total. The second-order valence-corrected chi connectivity index (χ2v) is 6.75. The van der Waals surface area contributed by atoms with Crippen molar-refractivity contribution in [3.05, 3.63) is 87.7 Å². The SMILES string of the molecule is O=C1NC2=CC=C(NCc3cc(F)ccc3Cl)CC2/C1=C/c1ccc[nH]1. The first-order valence-electron chi connectivity index (χ1n) is 8.35. The number of allylic oxidation sites excluding steroid dienone is 4. The van der Waals surface area contributed by atoms with Crippen LogP contribution in [-0.4, -0.2) is 10.9 Å². The molecule has 1 fully saturated rings. The molecule has 2 aliphatic rings. The Morgan fingerprint density at radius 1 is 1.31 bits per heavy atom. The van der Waals surface area contributed by atoms with Crippen molar-refractivity contribution in [1.82, 2.24) is 15.6 Å². The quantitative estimate of drug-likeness (QED) is 0.716. The molecule has 1 aromatic heterocycles. The van der Waals surface area contributed by atoms with Crippen LogP contribution < -0.4 is 10.6 Å². The van der Waals surface area contributed by atoms with Crippen molar-refractivity contribution in [2.24, 2.45) is 5.92 Å². The number of aromatic nitrogens is 1. The molecule has 1 amide bonds. The lowest BCUT2D eigenvalue weighted by Gasteiger charge is -2.20. The molecule has 26 heavy (non-hydrogen) atoms. The zero-order valence-electron chi connectivity index (χ0n) is 13.9. The Morgan fingerprint density at radius 2 is 2.19 bits per heavy atom. The van der Waals surface area contributed by atoms with E-state index in [0.29, 0.717) is 23.6 Å². The number of aromatic amines is 1. The van der Waals surface area contributed by atoms with Crippen LogP contribution in [0, 0.1) is 11.7 Å². The summed E-state index contributed by atoms with van der Waals surface area (Å²) in [6.45, 7) is 0.426. The van der Waals surface area contributed by atoms with Crippen LogP contribution in [0.5, 0.6) is 0 Å². The van der Waals surface area contributed by atoms with Gasteiger partial charge in [0.1, 0.15) is 5.82 Å². The lowest BCUT2D eigenvalue weighted by atomic mass is 9.90. The zero-order chi connectivity index (χ0) is 18.1. The normalized spacial score (nSPS) is 20.5. The van der Waals surface area contributed by atoms with Crippen LogP contribution in [0.4, 0.5) is 4.39 Å². The molecule has 4 nitrogen and oxygen atoms in total. The van der Waals surface area contributed by atoms with Gasteiger partial charge in [-0.3, -0.25) is 4.79 Å². The van der Waals surface area contributed by atoms with E-state index in [1.54, 1.807) is 6.07 Å². The Hall–Kier alpha value is -2.79. The summed E-state index contributed by atoms with van der Waals surface area (Å²) in [7, 11) is 0. The first kappa shape index (κ1) is 16.7. The molecular weight excluding hydrogens is 353 g/mol. The van der Waals surface area contributed by atoms with E-state index in [9.17, 15) is 9.18 Å². The van der Waals surface area contributed by atoms with Crippen LogP contribution in [-0.2, 0) is 11.3 Å². The monoisotopic (exact) mass is 369 g/mol. The minimum absolute atomic E-state index is 0.0127. The number of halogens is 2. The van der Waals surface area contributed by atoms with Gasteiger partial charge in [0.05, 0.1) is 0 Å². The highest BCUT2D eigenvalue weighted by molar-refractivity contribution is 6.31. The van der Waals surface area contributed by atoms with Gasteiger partial charge >= 0.3 is 0 Å².